The Morgan fingerprint density at radius 1 is 1.06 bits per heavy atom. The smallest absolute Gasteiger partial charge is 0.126 e. The minimum Gasteiger partial charge on any atom is -0.496 e. The average molecular weight is 261 g/mol. The molecule has 0 aliphatic heterocycles. The topological polar surface area (TPSA) is 9.23 Å². The first-order valence-corrected chi connectivity index (χ1v) is 6.50. The maximum Gasteiger partial charge on any atom is 0.126 e. The molecule has 0 spiro atoms. The molecule has 0 aliphatic carbocycles. The Labute approximate surface area is 113 Å². The highest BCUT2D eigenvalue weighted by Crippen LogP contribution is 2.34. The van der Waals surface area contributed by atoms with Gasteiger partial charge in [-0.2, -0.15) is 0 Å². The van der Waals surface area contributed by atoms with E-state index in [-0.39, 0.29) is 0 Å². The number of halogens is 1. The average Bonchev–Trinajstić information content (AvgIpc) is 2.41. The number of hydrogen-bond acceptors (Lipinski definition) is 1. The molecule has 0 amide bonds. The summed E-state index contributed by atoms with van der Waals surface area (Å²) in [5, 5.41) is 0. The van der Waals surface area contributed by atoms with Crippen LogP contribution in [0.15, 0.2) is 36.4 Å². The predicted octanol–water partition coefficient (Wildman–Crippen LogP) is 4.72. The molecule has 0 fully saturated rings. The molecule has 0 unspecified atom stereocenters. The molecule has 1 nitrogen and oxygen atoms in total. The molecule has 2 aromatic carbocycles. The quantitative estimate of drug-likeness (QED) is 0.726. The molecule has 0 saturated carbocycles. The van der Waals surface area contributed by atoms with Crippen molar-refractivity contribution in [2.24, 2.45) is 0 Å². The van der Waals surface area contributed by atoms with Crippen molar-refractivity contribution in [2.75, 3.05) is 7.11 Å². The first-order valence-electron chi connectivity index (χ1n) is 5.97. The zero-order valence-electron chi connectivity index (χ0n) is 11.0. The summed E-state index contributed by atoms with van der Waals surface area (Å²) in [6.07, 6.45) is 0. The van der Waals surface area contributed by atoms with E-state index in [9.17, 15) is 0 Å². The van der Waals surface area contributed by atoms with Crippen LogP contribution in [-0.2, 0) is 5.88 Å². The molecule has 0 atom stereocenters. The van der Waals surface area contributed by atoms with E-state index in [1.54, 1.807) is 7.11 Å². The number of ether oxygens (including phenoxy) is 1. The third-order valence-corrected chi connectivity index (χ3v) is 3.62. The van der Waals surface area contributed by atoms with Crippen molar-refractivity contribution in [3.63, 3.8) is 0 Å². The van der Waals surface area contributed by atoms with Crippen LogP contribution in [0.4, 0.5) is 0 Å². The van der Waals surface area contributed by atoms with E-state index in [4.69, 9.17) is 16.3 Å². The molecule has 2 rings (SSSR count). The Kier molecular flexibility index (Phi) is 3.93. The van der Waals surface area contributed by atoms with Crippen LogP contribution in [0.2, 0.25) is 0 Å². The Morgan fingerprint density at radius 2 is 1.83 bits per heavy atom. The first kappa shape index (κ1) is 13.0. The number of hydrogen-bond donors (Lipinski definition) is 0. The zero-order chi connectivity index (χ0) is 13.1. The summed E-state index contributed by atoms with van der Waals surface area (Å²) in [6.45, 7) is 4.26. The van der Waals surface area contributed by atoms with Crippen molar-refractivity contribution in [1.82, 2.24) is 0 Å². The first-order chi connectivity index (χ1) is 8.67. The summed E-state index contributed by atoms with van der Waals surface area (Å²) >= 11 is 5.91. The van der Waals surface area contributed by atoms with E-state index in [1.165, 1.54) is 16.7 Å². The van der Waals surface area contributed by atoms with E-state index in [0.717, 1.165) is 16.9 Å². The van der Waals surface area contributed by atoms with Crippen LogP contribution in [0.25, 0.3) is 11.1 Å². The van der Waals surface area contributed by atoms with Gasteiger partial charge in [0.1, 0.15) is 5.75 Å². The fourth-order valence-corrected chi connectivity index (χ4v) is 2.26. The summed E-state index contributed by atoms with van der Waals surface area (Å²) in [6, 6.07) is 12.4. The summed E-state index contributed by atoms with van der Waals surface area (Å²) in [5.41, 5.74) is 5.98. The lowest BCUT2D eigenvalue weighted by Crippen LogP contribution is -1.93. The molecule has 0 N–H and O–H groups in total. The highest BCUT2D eigenvalue weighted by atomic mass is 35.5. The molecule has 0 bridgehead atoms. The molecule has 2 heteroatoms. The maximum absolute atomic E-state index is 5.91. The van der Waals surface area contributed by atoms with Crippen molar-refractivity contribution in [3.05, 3.63) is 53.1 Å². The molecule has 0 aromatic heterocycles. The van der Waals surface area contributed by atoms with Crippen LogP contribution in [-0.4, -0.2) is 7.11 Å². The lowest BCUT2D eigenvalue weighted by Gasteiger charge is -2.13. The third kappa shape index (κ3) is 2.37. The molecule has 94 valence electrons. The van der Waals surface area contributed by atoms with Gasteiger partial charge in [0.25, 0.3) is 0 Å². The second-order valence-corrected chi connectivity index (χ2v) is 4.68. The molecular weight excluding hydrogens is 244 g/mol. The van der Waals surface area contributed by atoms with E-state index >= 15 is 0 Å². The summed E-state index contributed by atoms with van der Waals surface area (Å²) in [7, 11) is 1.70. The summed E-state index contributed by atoms with van der Waals surface area (Å²) in [4.78, 5) is 0. The molecule has 0 aliphatic rings. The second kappa shape index (κ2) is 5.45. The molecule has 0 radical (unpaired) electrons. The fraction of sp³-hybridized carbons (Fsp3) is 0.250. The van der Waals surface area contributed by atoms with Gasteiger partial charge < -0.3 is 4.74 Å². The van der Waals surface area contributed by atoms with Crippen LogP contribution in [0.1, 0.15) is 16.7 Å². The van der Waals surface area contributed by atoms with Gasteiger partial charge in [-0.05, 0) is 48.2 Å². The van der Waals surface area contributed by atoms with Crippen LogP contribution < -0.4 is 4.74 Å². The van der Waals surface area contributed by atoms with Gasteiger partial charge in [0.2, 0.25) is 0 Å². The SMILES string of the molecule is COc1ccc(CCl)cc1-c1cccc(C)c1C. The molecule has 0 saturated heterocycles. The van der Waals surface area contributed by atoms with Crippen LogP contribution >= 0.6 is 11.6 Å². The Bertz CT molecular complexity index is 561. The van der Waals surface area contributed by atoms with E-state index in [1.807, 2.05) is 12.1 Å². The van der Waals surface area contributed by atoms with Crippen molar-refractivity contribution < 1.29 is 4.74 Å². The largest absolute Gasteiger partial charge is 0.496 e. The Morgan fingerprint density at radius 3 is 2.50 bits per heavy atom. The van der Waals surface area contributed by atoms with Crippen molar-refractivity contribution in [1.29, 1.82) is 0 Å². The van der Waals surface area contributed by atoms with Gasteiger partial charge in [0.15, 0.2) is 0 Å². The van der Waals surface area contributed by atoms with Gasteiger partial charge in [0.05, 0.1) is 7.11 Å². The zero-order valence-corrected chi connectivity index (χ0v) is 11.7. The van der Waals surface area contributed by atoms with Crippen LogP contribution in [0.5, 0.6) is 5.75 Å². The lowest BCUT2D eigenvalue weighted by atomic mass is 9.95. The third-order valence-electron chi connectivity index (χ3n) is 3.31. The lowest BCUT2D eigenvalue weighted by molar-refractivity contribution is 0.416. The van der Waals surface area contributed by atoms with E-state index in [0.29, 0.717) is 5.88 Å². The molecule has 18 heavy (non-hydrogen) atoms. The summed E-state index contributed by atoms with van der Waals surface area (Å²) < 4.78 is 5.45. The summed E-state index contributed by atoms with van der Waals surface area (Å²) in [5.74, 6) is 1.40. The predicted molar refractivity (Wildman–Crippen MR) is 77.5 cm³/mol. The van der Waals surface area contributed by atoms with E-state index < -0.39 is 0 Å². The number of alkyl halides is 1. The number of benzene rings is 2. The normalized spacial score (nSPS) is 10.4. The van der Waals surface area contributed by atoms with Gasteiger partial charge in [-0.25, -0.2) is 0 Å². The Hall–Kier alpha value is -1.47. The highest BCUT2D eigenvalue weighted by molar-refractivity contribution is 6.17. The highest BCUT2D eigenvalue weighted by Gasteiger charge is 2.10. The molecule has 2 aromatic rings. The van der Waals surface area contributed by atoms with Gasteiger partial charge in [0, 0.05) is 11.4 Å². The molecular formula is C16H17ClO. The number of methoxy groups -OCH3 is 1. The minimum atomic E-state index is 0.516. The van der Waals surface area contributed by atoms with Crippen molar-refractivity contribution in [2.45, 2.75) is 19.7 Å². The molecule has 0 heterocycles. The van der Waals surface area contributed by atoms with Crippen LogP contribution in [0.3, 0.4) is 0 Å². The minimum absolute atomic E-state index is 0.516. The Balaban J connectivity index is 2.64. The van der Waals surface area contributed by atoms with Gasteiger partial charge in [-0.3, -0.25) is 0 Å². The standard InChI is InChI=1S/C16H17ClO/c1-11-5-4-6-14(12(11)2)15-9-13(10-17)7-8-16(15)18-3/h4-9H,10H2,1-3H3. The fourth-order valence-electron chi connectivity index (χ4n) is 2.09. The van der Waals surface area contributed by atoms with Gasteiger partial charge >= 0.3 is 0 Å². The van der Waals surface area contributed by atoms with Gasteiger partial charge in [-0.15, -0.1) is 11.6 Å². The number of rotatable bonds is 3. The monoisotopic (exact) mass is 260 g/mol. The van der Waals surface area contributed by atoms with Gasteiger partial charge in [-0.1, -0.05) is 24.3 Å². The number of aryl methyl sites for hydroxylation is 1. The maximum atomic E-state index is 5.91. The second-order valence-electron chi connectivity index (χ2n) is 4.42. The van der Waals surface area contributed by atoms with Crippen molar-refractivity contribution in [3.8, 4) is 16.9 Å². The van der Waals surface area contributed by atoms with Crippen LogP contribution in [0, 0.1) is 13.8 Å². The van der Waals surface area contributed by atoms with E-state index in [2.05, 4.69) is 38.1 Å². The van der Waals surface area contributed by atoms with Crippen molar-refractivity contribution >= 4 is 11.6 Å².